The lowest BCUT2D eigenvalue weighted by Crippen LogP contribution is -2.11. The molecule has 1 aromatic rings. The highest BCUT2D eigenvalue weighted by Crippen LogP contribution is 2.28. The Morgan fingerprint density at radius 3 is 2.75 bits per heavy atom. The number of carbonyl (C=O) groups is 1. The second kappa shape index (κ2) is 3.49. The maximum absolute atomic E-state index is 12.1. The van der Waals surface area contributed by atoms with Crippen LogP contribution in [0, 0.1) is 0 Å². The molecule has 0 amide bonds. The molecule has 0 unspecified atom stereocenters. The number of benzene rings is 1. The van der Waals surface area contributed by atoms with Gasteiger partial charge in [0.25, 0.3) is 0 Å². The van der Waals surface area contributed by atoms with E-state index in [9.17, 15) is 4.79 Å². The first-order valence-corrected chi connectivity index (χ1v) is 5.32. The molecule has 0 saturated heterocycles. The zero-order valence-corrected chi connectivity index (χ0v) is 8.73. The van der Waals surface area contributed by atoms with Crippen LogP contribution in [0.5, 0.6) is 0 Å². The van der Waals surface area contributed by atoms with Gasteiger partial charge in [0.2, 0.25) is 0 Å². The number of rotatable bonds is 0. The Morgan fingerprint density at radius 2 is 2.00 bits per heavy atom. The average molecular weight is 209 g/mol. The molecule has 0 aromatic heterocycles. The minimum Gasteiger partial charge on any atom is -0.361 e. The van der Waals surface area contributed by atoms with Gasteiger partial charge >= 0.3 is 0 Å². The van der Waals surface area contributed by atoms with Gasteiger partial charge in [-0.3, -0.25) is 4.79 Å². The molecule has 3 rings (SSSR count). The van der Waals surface area contributed by atoms with E-state index in [2.05, 4.69) is 5.32 Å². The Bertz CT molecular complexity index is 550. The summed E-state index contributed by atoms with van der Waals surface area (Å²) in [5.41, 5.74) is 3.75. The predicted molar refractivity (Wildman–Crippen MR) is 62.9 cm³/mol. The van der Waals surface area contributed by atoms with E-state index < -0.39 is 0 Å². The molecule has 2 heteroatoms. The van der Waals surface area contributed by atoms with E-state index in [0.717, 1.165) is 28.8 Å². The highest BCUT2D eigenvalue weighted by molar-refractivity contribution is 6.13. The lowest BCUT2D eigenvalue weighted by Gasteiger charge is -2.08. The fraction of sp³-hybridized carbons (Fsp3) is 0.0714. The molecule has 16 heavy (non-hydrogen) atoms. The van der Waals surface area contributed by atoms with Gasteiger partial charge in [0.1, 0.15) is 0 Å². The van der Waals surface area contributed by atoms with Crippen molar-refractivity contribution in [1.29, 1.82) is 0 Å². The lowest BCUT2D eigenvalue weighted by molar-refractivity contribution is 0.103. The molecule has 1 aliphatic heterocycles. The zero-order chi connectivity index (χ0) is 11.0. The number of hydrogen-bond acceptors (Lipinski definition) is 2. The molecular weight excluding hydrogens is 198 g/mol. The molecular formula is C14H11NO. The fourth-order valence-corrected chi connectivity index (χ4v) is 2.13. The molecule has 0 bridgehead atoms. The van der Waals surface area contributed by atoms with Crippen molar-refractivity contribution in [2.45, 2.75) is 6.42 Å². The van der Waals surface area contributed by atoms with Crippen molar-refractivity contribution in [3.8, 4) is 0 Å². The summed E-state index contributed by atoms with van der Waals surface area (Å²) in [5, 5.41) is 3.12. The second-order valence-corrected chi connectivity index (χ2v) is 3.92. The van der Waals surface area contributed by atoms with E-state index in [1.165, 1.54) is 0 Å². The van der Waals surface area contributed by atoms with E-state index in [1.807, 2.05) is 48.7 Å². The van der Waals surface area contributed by atoms with Crippen LogP contribution in [0.1, 0.15) is 15.9 Å². The summed E-state index contributed by atoms with van der Waals surface area (Å²) in [4.78, 5) is 12.1. The summed E-state index contributed by atoms with van der Waals surface area (Å²) >= 11 is 0. The van der Waals surface area contributed by atoms with Crippen molar-refractivity contribution < 1.29 is 4.79 Å². The van der Waals surface area contributed by atoms with Crippen LogP contribution < -0.4 is 5.32 Å². The lowest BCUT2D eigenvalue weighted by atomic mass is 10.1. The third kappa shape index (κ3) is 1.31. The summed E-state index contributed by atoms with van der Waals surface area (Å²) in [6.45, 7) is 0. The molecule has 2 nitrogen and oxygen atoms in total. The highest BCUT2D eigenvalue weighted by atomic mass is 16.1. The molecule has 2 aliphatic rings. The standard InChI is InChI=1S/C14H11NO/c16-14-11-6-2-1-5-10(11)9-12(14)13-7-3-4-8-15-13/h1-8,15H,9H2. The van der Waals surface area contributed by atoms with Crippen molar-refractivity contribution in [2.75, 3.05) is 0 Å². The highest BCUT2D eigenvalue weighted by Gasteiger charge is 2.26. The van der Waals surface area contributed by atoms with E-state index >= 15 is 0 Å². The van der Waals surface area contributed by atoms with Crippen LogP contribution in [0.2, 0.25) is 0 Å². The minimum absolute atomic E-state index is 0.151. The molecule has 0 spiro atoms. The van der Waals surface area contributed by atoms with E-state index in [0.29, 0.717) is 0 Å². The molecule has 0 atom stereocenters. The van der Waals surface area contributed by atoms with Gasteiger partial charge in [-0.2, -0.15) is 0 Å². The quantitative estimate of drug-likeness (QED) is 0.664. The van der Waals surface area contributed by atoms with Crippen LogP contribution in [0.15, 0.2) is 60.0 Å². The molecule has 0 radical (unpaired) electrons. The first-order valence-electron chi connectivity index (χ1n) is 5.32. The van der Waals surface area contributed by atoms with Crippen LogP contribution in [-0.2, 0) is 6.42 Å². The van der Waals surface area contributed by atoms with Gasteiger partial charge in [-0.15, -0.1) is 0 Å². The number of fused-ring (bicyclic) bond motifs is 1. The van der Waals surface area contributed by atoms with Gasteiger partial charge in [-0.1, -0.05) is 30.3 Å². The maximum atomic E-state index is 12.1. The van der Waals surface area contributed by atoms with Gasteiger partial charge < -0.3 is 5.32 Å². The normalized spacial score (nSPS) is 22.1. The maximum Gasteiger partial charge on any atom is 0.191 e. The SMILES string of the molecule is O=C1C(=C2C=CC=CN2)Cc2ccccc21. The van der Waals surface area contributed by atoms with Crippen molar-refractivity contribution in [1.82, 2.24) is 5.32 Å². The van der Waals surface area contributed by atoms with Gasteiger partial charge in [0, 0.05) is 29.5 Å². The molecule has 1 N–H and O–H groups in total. The Labute approximate surface area is 94.0 Å². The Balaban J connectivity index is 2.07. The van der Waals surface area contributed by atoms with Crippen molar-refractivity contribution in [3.05, 3.63) is 71.1 Å². The van der Waals surface area contributed by atoms with E-state index in [1.54, 1.807) is 0 Å². The molecule has 0 fully saturated rings. The predicted octanol–water partition coefficient (Wildman–Crippen LogP) is 2.35. The fourth-order valence-electron chi connectivity index (χ4n) is 2.13. The van der Waals surface area contributed by atoms with Crippen molar-refractivity contribution in [3.63, 3.8) is 0 Å². The Hall–Kier alpha value is -2.09. The number of allylic oxidation sites excluding steroid dienone is 4. The Kier molecular flexibility index (Phi) is 2.00. The molecule has 1 aliphatic carbocycles. The van der Waals surface area contributed by atoms with E-state index in [4.69, 9.17) is 0 Å². The summed E-state index contributed by atoms with van der Waals surface area (Å²) in [5.74, 6) is 0.151. The monoisotopic (exact) mass is 209 g/mol. The number of carbonyl (C=O) groups excluding carboxylic acids is 1. The van der Waals surface area contributed by atoms with Gasteiger partial charge in [0.15, 0.2) is 5.78 Å². The second-order valence-electron chi connectivity index (χ2n) is 3.92. The minimum atomic E-state index is 0.151. The number of ketones is 1. The first-order chi connectivity index (χ1) is 7.86. The third-order valence-electron chi connectivity index (χ3n) is 2.94. The van der Waals surface area contributed by atoms with Gasteiger partial charge in [0.05, 0.1) is 0 Å². The van der Waals surface area contributed by atoms with Gasteiger partial charge in [-0.25, -0.2) is 0 Å². The Morgan fingerprint density at radius 1 is 1.12 bits per heavy atom. The third-order valence-corrected chi connectivity index (χ3v) is 2.94. The van der Waals surface area contributed by atoms with Crippen LogP contribution in [0.3, 0.4) is 0 Å². The topological polar surface area (TPSA) is 29.1 Å². The summed E-state index contributed by atoms with van der Waals surface area (Å²) in [6, 6.07) is 7.80. The summed E-state index contributed by atoms with van der Waals surface area (Å²) in [6.07, 6.45) is 8.37. The summed E-state index contributed by atoms with van der Waals surface area (Å²) in [7, 11) is 0. The number of dihydropyridines is 1. The summed E-state index contributed by atoms with van der Waals surface area (Å²) < 4.78 is 0. The number of hydrogen-bond donors (Lipinski definition) is 1. The smallest absolute Gasteiger partial charge is 0.191 e. The van der Waals surface area contributed by atoms with Crippen molar-refractivity contribution >= 4 is 5.78 Å². The van der Waals surface area contributed by atoms with Crippen LogP contribution in [-0.4, -0.2) is 5.78 Å². The van der Waals surface area contributed by atoms with Crippen molar-refractivity contribution in [2.24, 2.45) is 0 Å². The number of nitrogens with one attached hydrogen (secondary N) is 1. The molecule has 78 valence electrons. The van der Waals surface area contributed by atoms with Gasteiger partial charge in [-0.05, 0) is 17.7 Å². The largest absolute Gasteiger partial charge is 0.361 e. The molecule has 1 heterocycles. The molecule has 0 saturated carbocycles. The zero-order valence-electron chi connectivity index (χ0n) is 8.73. The van der Waals surface area contributed by atoms with Crippen LogP contribution >= 0.6 is 0 Å². The van der Waals surface area contributed by atoms with Crippen LogP contribution in [0.25, 0.3) is 0 Å². The number of Topliss-reactive ketones (excluding diaryl/α,β-unsaturated/α-hetero) is 1. The van der Waals surface area contributed by atoms with Crippen LogP contribution in [0.4, 0.5) is 0 Å². The van der Waals surface area contributed by atoms with E-state index in [-0.39, 0.29) is 5.78 Å². The molecule has 1 aromatic carbocycles. The first kappa shape index (κ1) is 9.16. The average Bonchev–Trinajstić information content (AvgIpc) is 2.69.